The Bertz CT molecular complexity index is 431. The molecule has 17 heavy (non-hydrogen) atoms. The van der Waals surface area contributed by atoms with Crippen LogP contribution in [0.1, 0.15) is 23.7 Å². The molecule has 0 radical (unpaired) electrons. The number of rotatable bonds is 2. The van der Waals surface area contributed by atoms with Gasteiger partial charge in [0.1, 0.15) is 0 Å². The van der Waals surface area contributed by atoms with Crippen LogP contribution in [-0.2, 0) is 4.74 Å². The second-order valence-corrected chi connectivity index (χ2v) is 4.57. The molecule has 1 aromatic carbocycles. The van der Waals surface area contributed by atoms with E-state index in [9.17, 15) is 4.79 Å². The summed E-state index contributed by atoms with van der Waals surface area (Å²) in [4.78, 5) is 13.8. The number of esters is 1. The zero-order valence-electron chi connectivity index (χ0n) is 10.3. The Morgan fingerprint density at radius 1 is 1.53 bits per heavy atom. The van der Waals surface area contributed by atoms with Gasteiger partial charge < -0.3 is 15.4 Å². The first kappa shape index (κ1) is 11.8. The lowest BCUT2D eigenvalue weighted by Crippen LogP contribution is -2.21. The average Bonchev–Trinajstić information content (AvgIpc) is 2.75. The number of hydrogen-bond donors (Lipinski definition) is 1. The minimum atomic E-state index is -0.378. The number of carbonyl (C=O) groups is 1. The average molecular weight is 234 g/mol. The summed E-state index contributed by atoms with van der Waals surface area (Å²) in [7, 11) is 1.37. The molecule has 0 bridgehead atoms. The summed E-state index contributed by atoms with van der Waals surface area (Å²) >= 11 is 0. The number of hydrogen-bond acceptors (Lipinski definition) is 4. The third kappa shape index (κ3) is 2.20. The maximum atomic E-state index is 11.5. The smallest absolute Gasteiger partial charge is 0.340 e. The lowest BCUT2D eigenvalue weighted by molar-refractivity contribution is 0.0602. The van der Waals surface area contributed by atoms with Gasteiger partial charge in [0, 0.05) is 13.1 Å². The highest BCUT2D eigenvalue weighted by atomic mass is 16.5. The van der Waals surface area contributed by atoms with Crippen molar-refractivity contribution in [2.45, 2.75) is 13.3 Å². The van der Waals surface area contributed by atoms with Crippen molar-refractivity contribution in [1.82, 2.24) is 0 Å². The molecule has 92 valence electrons. The van der Waals surface area contributed by atoms with Crippen LogP contribution in [0.15, 0.2) is 18.2 Å². The molecule has 1 aliphatic rings. The monoisotopic (exact) mass is 234 g/mol. The van der Waals surface area contributed by atoms with Crippen LogP contribution in [0.4, 0.5) is 11.4 Å². The molecular formula is C13H18N2O2. The first-order valence-corrected chi connectivity index (χ1v) is 5.85. The van der Waals surface area contributed by atoms with Gasteiger partial charge in [-0.1, -0.05) is 13.0 Å². The summed E-state index contributed by atoms with van der Waals surface area (Å²) in [6.45, 7) is 4.21. The fourth-order valence-electron chi connectivity index (χ4n) is 2.27. The van der Waals surface area contributed by atoms with E-state index in [4.69, 9.17) is 10.5 Å². The van der Waals surface area contributed by atoms with Gasteiger partial charge in [0.2, 0.25) is 0 Å². The van der Waals surface area contributed by atoms with Crippen LogP contribution in [0, 0.1) is 5.92 Å². The van der Waals surface area contributed by atoms with Crippen molar-refractivity contribution in [1.29, 1.82) is 0 Å². The number of nitrogen functional groups attached to an aromatic ring is 1. The molecule has 1 aromatic rings. The molecule has 0 aromatic heterocycles. The molecule has 0 aliphatic carbocycles. The minimum absolute atomic E-state index is 0.378. The number of para-hydroxylation sites is 1. The third-order valence-electron chi connectivity index (χ3n) is 3.25. The second kappa shape index (κ2) is 4.65. The van der Waals surface area contributed by atoms with Gasteiger partial charge in [-0.05, 0) is 24.5 Å². The van der Waals surface area contributed by atoms with Crippen molar-refractivity contribution >= 4 is 17.3 Å². The maximum absolute atomic E-state index is 11.5. The Labute approximate surface area is 101 Å². The zero-order valence-corrected chi connectivity index (χ0v) is 10.3. The molecule has 0 spiro atoms. The number of benzene rings is 1. The van der Waals surface area contributed by atoms with Crippen molar-refractivity contribution in [3.05, 3.63) is 23.8 Å². The van der Waals surface area contributed by atoms with Gasteiger partial charge in [0.05, 0.1) is 24.0 Å². The van der Waals surface area contributed by atoms with Crippen LogP contribution >= 0.6 is 0 Å². The van der Waals surface area contributed by atoms with E-state index >= 15 is 0 Å². The molecule has 1 fully saturated rings. The Balaban J connectivity index is 2.32. The molecule has 4 heteroatoms. The highest BCUT2D eigenvalue weighted by Gasteiger charge is 2.22. The molecule has 1 atom stereocenters. The summed E-state index contributed by atoms with van der Waals surface area (Å²) in [5.74, 6) is 0.299. The summed E-state index contributed by atoms with van der Waals surface area (Å²) in [5, 5.41) is 0. The molecule has 2 N–H and O–H groups in total. The van der Waals surface area contributed by atoms with E-state index in [1.165, 1.54) is 13.5 Å². The molecule has 2 rings (SSSR count). The van der Waals surface area contributed by atoms with E-state index in [0.29, 0.717) is 17.2 Å². The van der Waals surface area contributed by atoms with Gasteiger partial charge in [-0.2, -0.15) is 0 Å². The van der Waals surface area contributed by atoms with E-state index in [-0.39, 0.29) is 5.97 Å². The first-order valence-electron chi connectivity index (χ1n) is 5.85. The first-order chi connectivity index (χ1) is 8.13. The number of nitrogens with zero attached hydrogens (tertiary/aromatic N) is 1. The van der Waals surface area contributed by atoms with E-state index in [1.807, 2.05) is 12.1 Å². The van der Waals surface area contributed by atoms with Crippen LogP contribution < -0.4 is 10.6 Å². The lowest BCUT2D eigenvalue weighted by Gasteiger charge is -2.21. The molecule has 4 nitrogen and oxygen atoms in total. The van der Waals surface area contributed by atoms with Crippen LogP contribution in [-0.4, -0.2) is 26.2 Å². The summed E-state index contributed by atoms with van der Waals surface area (Å²) in [6, 6.07) is 5.50. The summed E-state index contributed by atoms with van der Waals surface area (Å²) in [5.41, 5.74) is 7.95. The Hall–Kier alpha value is -1.71. The van der Waals surface area contributed by atoms with Crippen LogP contribution in [0.5, 0.6) is 0 Å². The van der Waals surface area contributed by atoms with Gasteiger partial charge in [0.25, 0.3) is 0 Å². The summed E-state index contributed by atoms with van der Waals surface area (Å²) in [6.07, 6.45) is 1.17. The summed E-state index contributed by atoms with van der Waals surface area (Å²) < 4.78 is 4.72. The molecular weight excluding hydrogens is 216 g/mol. The van der Waals surface area contributed by atoms with Gasteiger partial charge in [-0.25, -0.2) is 4.79 Å². The van der Waals surface area contributed by atoms with E-state index in [2.05, 4.69) is 11.8 Å². The molecule has 1 heterocycles. The predicted molar refractivity (Wildman–Crippen MR) is 68.2 cm³/mol. The van der Waals surface area contributed by atoms with Crippen LogP contribution in [0.3, 0.4) is 0 Å². The molecule has 0 saturated carbocycles. The largest absolute Gasteiger partial charge is 0.465 e. The zero-order chi connectivity index (χ0) is 12.4. The maximum Gasteiger partial charge on any atom is 0.340 e. The molecule has 1 saturated heterocycles. The van der Waals surface area contributed by atoms with Gasteiger partial charge >= 0.3 is 5.97 Å². The Morgan fingerprint density at radius 3 is 2.88 bits per heavy atom. The molecule has 1 unspecified atom stereocenters. The number of anilines is 2. The number of nitrogens with two attached hydrogens (primary N) is 1. The van der Waals surface area contributed by atoms with Crippen LogP contribution in [0.2, 0.25) is 0 Å². The third-order valence-corrected chi connectivity index (χ3v) is 3.25. The normalized spacial score (nSPS) is 19.4. The Kier molecular flexibility index (Phi) is 3.22. The minimum Gasteiger partial charge on any atom is -0.465 e. The number of carbonyl (C=O) groups excluding carboxylic acids is 1. The highest BCUT2D eigenvalue weighted by molar-refractivity contribution is 5.98. The highest BCUT2D eigenvalue weighted by Crippen LogP contribution is 2.31. The van der Waals surface area contributed by atoms with Gasteiger partial charge in [0.15, 0.2) is 0 Å². The van der Waals surface area contributed by atoms with Gasteiger partial charge in [-0.15, -0.1) is 0 Å². The Morgan fingerprint density at radius 2 is 2.29 bits per heavy atom. The second-order valence-electron chi connectivity index (χ2n) is 4.57. The van der Waals surface area contributed by atoms with E-state index in [1.54, 1.807) is 6.07 Å². The standard InChI is InChI=1S/C13H18N2O2/c1-9-6-7-15(8-9)11-5-3-4-10(12(11)14)13(16)17-2/h3-5,9H,6-8,14H2,1-2H3. The van der Waals surface area contributed by atoms with E-state index in [0.717, 1.165) is 18.8 Å². The topological polar surface area (TPSA) is 55.6 Å². The fraction of sp³-hybridized carbons (Fsp3) is 0.462. The fourth-order valence-corrected chi connectivity index (χ4v) is 2.27. The van der Waals surface area contributed by atoms with Crippen molar-refractivity contribution in [3.63, 3.8) is 0 Å². The van der Waals surface area contributed by atoms with Crippen molar-refractivity contribution in [3.8, 4) is 0 Å². The number of ether oxygens (including phenoxy) is 1. The lowest BCUT2D eigenvalue weighted by atomic mass is 10.1. The van der Waals surface area contributed by atoms with Crippen molar-refractivity contribution < 1.29 is 9.53 Å². The van der Waals surface area contributed by atoms with Crippen molar-refractivity contribution in [2.24, 2.45) is 5.92 Å². The van der Waals surface area contributed by atoms with Gasteiger partial charge in [-0.3, -0.25) is 0 Å². The quantitative estimate of drug-likeness (QED) is 0.627. The SMILES string of the molecule is COC(=O)c1cccc(N2CCC(C)C2)c1N. The van der Waals surface area contributed by atoms with Crippen molar-refractivity contribution in [2.75, 3.05) is 30.8 Å². The van der Waals surface area contributed by atoms with E-state index < -0.39 is 0 Å². The van der Waals surface area contributed by atoms with Crippen LogP contribution in [0.25, 0.3) is 0 Å². The number of methoxy groups -OCH3 is 1. The predicted octanol–water partition coefficient (Wildman–Crippen LogP) is 1.90. The molecule has 1 aliphatic heterocycles. The molecule has 0 amide bonds.